The molecule has 1 aliphatic carbocycles. The Balaban J connectivity index is 1.73. The van der Waals surface area contributed by atoms with Crippen molar-refractivity contribution in [2.45, 2.75) is 32.1 Å². The zero-order valence-corrected chi connectivity index (χ0v) is 14.5. The van der Waals surface area contributed by atoms with E-state index in [1.54, 1.807) is 7.11 Å². The summed E-state index contributed by atoms with van der Waals surface area (Å²) < 4.78 is 5.16. The third-order valence-corrected chi connectivity index (χ3v) is 5.29. The first kappa shape index (κ1) is 16.5. The number of benzene rings is 1. The van der Waals surface area contributed by atoms with Gasteiger partial charge in [0.15, 0.2) is 0 Å². The molecule has 1 aromatic carbocycles. The zero-order chi connectivity index (χ0) is 16.9. The number of nitrogens with two attached hydrogens (primary N) is 1. The lowest BCUT2D eigenvalue weighted by atomic mass is 9.99. The van der Waals surface area contributed by atoms with Crippen molar-refractivity contribution < 1.29 is 9.53 Å². The van der Waals surface area contributed by atoms with Crippen molar-refractivity contribution in [1.29, 1.82) is 0 Å². The smallest absolute Gasteiger partial charge is 0.283 e. The van der Waals surface area contributed by atoms with Crippen LogP contribution in [-0.4, -0.2) is 18.7 Å². The fourth-order valence-corrected chi connectivity index (χ4v) is 3.71. The van der Waals surface area contributed by atoms with Gasteiger partial charge in [0, 0.05) is 10.6 Å². The number of nitrogens with zero attached hydrogens (tertiary/aromatic N) is 1. The van der Waals surface area contributed by atoms with Crippen LogP contribution < -0.4 is 15.9 Å². The quantitative estimate of drug-likeness (QED) is 0.822. The summed E-state index contributed by atoms with van der Waals surface area (Å²) in [5.74, 6) is 0.555. The van der Waals surface area contributed by atoms with Crippen molar-refractivity contribution in [2.24, 2.45) is 5.10 Å². The van der Waals surface area contributed by atoms with Gasteiger partial charge in [0.2, 0.25) is 0 Å². The first-order chi connectivity index (χ1) is 11.7. The molecule has 0 aliphatic heterocycles. The molecule has 1 amide bonds. The fourth-order valence-electron chi connectivity index (χ4n) is 2.73. The van der Waals surface area contributed by atoms with Gasteiger partial charge in [-0.2, -0.15) is 5.10 Å². The summed E-state index contributed by atoms with van der Waals surface area (Å²) >= 11 is 1.37. The number of thiophene rings is 1. The van der Waals surface area contributed by atoms with Crippen LogP contribution in [-0.2, 0) is 0 Å². The van der Waals surface area contributed by atoms with Gasteiger partial charge in [0.1, 0.15) is 10.6 Å². The van der Waals surface area contributed by atoms with Crippen LogP contribution in [0.4, 0.5) is 5.69 Å². The third-order valence-electron chi connectivity index (χ3n) is 4.09. The van der Waals surface area contributed by atoms with Crippen molar-refractivity contribution >= 4 is 28.6 Å². The predicted molar refractivity (Wildman–Crippen MR) is 98.7 cm³/mol. The highest BCUT2D eigenvalue weighted by atomic mass is 32.1. The van der Waals surface area contributed by atoms with Gasteiger partial charge in [-0.05, 0) is 61.6 Å². The number of nitrogen functional groups attached to an aromatic ring is 1. The number of hydrazone groups is 1. The van der Waals surface area contributed by atoms with E-state index < -0.39 is 0 Å². The molecule has 3 N–H and O–H groups in total. The second kappa shape index (κ2) is 7.49. The lowest BCUT2D eigenvalue weighted by molar-refractivity contribution is 0.0959. The largest absolute Gasteiger partial charge is 0.497 e. The summed E-state index contributed by atoms with van der Waals surface area (Å²) in [6, 6.07) is 9.51. The van der Waals surface area contributed by atoms with Gasteiger partial charge in [-0.25, -0.2) is 5.43 Å². The average Bonchev–Trinajstić information content (AvgIpc) is 3.02. The molecule has 0 saturated heterocycles. The minimum Gasteiger partial charge on any atom is -0.497 e. The van der Waals surface area contributed by atoms with E-state index in [9.17, 15) is 4.79 Å². The van der Waals surface area contributed by atoms with Crippen LogP contribution >= 0.6 is 11.3 Å². The molecule has 0 unspecified atom stereocenters. The Labute approximate surface area is 145 Å². The summed E-state index contributed by atoms with van der Waals surface area (Å²) in [6.07, 6.45) is 5.49. The first-order valence-corrected chi connectivity index (χ1v) is 8.88. The molecule has 0 atom stereocenters. The molecule has 1 saturated carbocycles. The van der Waals surface area contributed by atoms with Gasteiger partial charge in [0.25, 0.3) is 5.91 Å². The first-order valence-electron chi connectivity index (χ1n) is 8.07. The summed E-state index contributed by atoms with van der Waals surface area (Å²) in [4.78, 5) is 13.8. The van der Waals surface area contributed by atoms with E-state index in [4.69, 9.17) is 10.5 Å². The number of carbonyl (C=O) groups is 1. The molecule has 6 heteroatoms. The highest BCUT2D eigenvalue weighted by Crippen LogP contribution is 2.34. The Kier molecular flexibility index (Phi) is 5.15. The normalized spacial score (nSPS) is 14.3. The van der Waals surface area contributed by atoms with Gasteiger partial charge in [0.05, 0.1) is 12.8 Å². The van der Waals surface area contributed by atoms with Crippen molar-refractivity contribution in [2.75, 3.05) is 12.8 Å². The summed E-state index contributed by atoms with van der Waals surface area (Å²) in [7, 11) is 1.63. The SMILES string of the molecule is COc1ccc(-c2cc(N)c(C(=O)NN=C3CCCCC3)s2)cc1. The number of hydrogen-bond donors (Lipinski definition) is 2. The number of methoxy groups -OCH3 is 1. The number of carbonyl (C=O) groups excluding carboxylic acids is 1. The second-order valence-corrected chi connectivity index (χ2v) is 6.86. The molecule has 1 fully saturated rings. The maximum Gasteiger partial charge on any atom is 0.283 e. The monoisotopic (exact) mass is 343 g/mol. The number of nitrogens with one attached hydrogen (secondary N) is 1. The van der Waals surface area contributed by atoms with Crippen molar-refractivity contribution in [3.63, 3.8) is 0 Å². The number of amides is 1. The maximum absolute atomic E-state index is 12.3. The van der Waals surface area contributed by atoms with E-state index in [1.807, 2.05) is 30.3 Å². The molecule has 2 aromatic rings. The van der Waals surface area contributed by atoms with E-state index in [-0.39, 0.29) is 5.91 Å². The van der Waals surface area contributed by atoms with Gasteiger partial charge < -0.3 is 10.5 Å². The molecule has 5 nitrogen and oxygen atoms in total. The molecule has 24 heavy (non-hydrogen) atoms. The van der Waals surface area contributed by atoms with Crippen LogP contribution in [0.5, 0.6) is 5.75 Å². The Hall–Kier alpha value is -2.34. The second-order valence-electron chi connectivity index (χ2n) is 5.80. The van der Waals surface area contributed by atoms with Crippen LogP contribution in [0.25, 0.3) is 10.4 Å². The van der Waals surface area contributed by atoms with Crippen LogP contribution in [0.15, 0.2) is 35.4 Å². The van der Waals surface area contributed by atoms with Crippen molar-refractivity contribution in [3.8, 4) is 16.2 Å². The predicted octanol–water partition coefficient (Wildman–Crippen LogP) is 4.06. The van der Waals surface area contributed by atoms with Crippen LogP contribution in [0.1, 0.15) is 41.8 Å². The fraction of sp³-hybridized carbons (Fsp3) is 0.333. The average molecular weight is 343 g/mol. The molecule has 0 radical (unpaired) electrons. The van der Waals surface area contributed by atoms with E-state index in [2.05, 4.69) is 10.5 Å². The van der Waals surface area contributed by atoms with Gasteiger partial charge in [-0.15, -0.1) is 11.3 Å². The van der Waals surface area contributed by atoms with Gasteiger partial charge in [-0.1, -0.05) is 6.42 Å². The molecule has 126 valence electrons. The molecular weight excluding hydrogens is 322 g/mol. The van der Waals surface area contributed by atoms with Crippen LogP contribution in [0.3, 0.4) is 0 Å². The van der Waals surface area contributed by atoms with Crippen molar-refractivity contribution in [3.05, 3.63) is 35.2 Å². The van der Waals surface area contributed by atoms with E-state index in [0.717, 1.165) is 47.6 Å². The van der Waals surface area contributed by atoms with Gasteiger partial charge in [-0.3, -0.25) is 4.79 Å². The minimum atomic E-state index is -0.240. The number of hydrogen-bond acceptors (Lipinski definition) is 5. The molecule has 0 spiro atoms. The molecular formula is C18H21N3O2S. The highest BCUT2D eigenvalue weighted by molar-refractivity contribution is 7.18. The Morgan fingerprint density at radius 2 is 1.92 bits per heavy atom. The topological polar surface area (TPSA) is 76.7 Å². The highest BCUT2D eigenvalue weighted by Gasteiger charge is 2.16. The van der Waals surface area contributed by atoms with Gasteiger partial charge >= 0.3 is 0 Å². The maximum atomic E-state index is 12.3. The Morgan fingerprint density at radius 3 is 2.58 bits per heavy atom. The number of ether oxygens (including phenoxy) is 1. The molecule has 3 rings (SSSR count). The molecule has 1 aliphatic rings. The minimum absolute atomic E-state index is 0.240. The van der Waals surface area contributed by atoms with Crippen LogP contribution in [0, 0.1) is 0 Å². The molecule has 1 heterocycles. The molecule has 1 aromatic heterocycles. The molecule has 0 bridgehead atoms. The number of rotatable bonds is 4. The Bertz CT molecular complexity index is 742. The summed E-state index contributed by atoms with van der Waals surface area (Å²) in [5.41, 5.74) is 11.2. The third kappa shape index (κ3) is 3.76. The van der Waals surface area contributed by atoms with E-state index in [0.29, 0.717) is 10.6 Å². The van der Waals surface area contributed by atoms with Crippen molar-refractivity contribution in [1.82, 2.24) is 5.43 Å². The Morgan fingerprint density at radius 1 is 1.21 bits per heavy atom. The summed E-state index contributed by atoms with van der Waals surface area (Å²) in [5, 5.41) is 4.26. The van der Waals surface area contributed by atoms with E-state index >= 15 is 0 Å². The standard InChI is InChI=1S/C18H21N3O2S/c1-23-14-9-7-12(8-10-14)16-11-15(19)17(24-16)18(22)21-20-13-5-3-2-4-6-13/h7-11H,2-6,19H2,1H3,(H,21,22). The zero-order valence-electron chi connectivity index (χ0n) is 13.7. The lowest BCUT2D eigenvalue weighted by Crippen LogP contribution is -2.20. The number of anilines is 1. The van der Waals surface area contributed by atoms with E-state index in [1.165, 1.54) is 17.8 Å². The van der Waals surface area contributed by atoms with Crippen LogP contribution in [0.2, 0.25) is 0 Å². The summed E-state index contributed by atoms with van der Waals surface area (Å²) in [6.45, 7) is 0. The lowest BCUT2D eigenvalue weighted by Gasteiger charge is -2.11.